The number of nitrogens with zero attached hydrogens (tertiary/aromatic N) is 2. The molecule has 0 saturated heterocycles. The fourth-order valence-corrected chi connectivity index (χ4v) is 2.85. The number of rotatable bonds is 5. The summed E-state index contributed by atoms with van der Waals surface area (Å²) >= 11 is 1.26. The van der Waals surface area contributed by atoms with E-state index in [4.69, 9.17) is 0 Å². The van der Waals surface area contributed by atoms with Crippen LogP contribution in [-0.2, 0) is 4.79 Å². The Hall–Kier alpha value is -2.41. The number of amides is 1. The monoisotopic (exact) mass is 345 g/mol. The number of thioether (sulfide) groups is 1. The fourth-order valence-electron chi connectivity index (χ4n) is 2.02. The molecule has 0 aliphatic rings. The molecule has 0 atom stereocenters. The highest BCUT2D eigenvalue weighted by Gasteiger charge is 2.13. The van der Waals surface area contributed by atoms with Gasteiger partial charge in [-0.3, -0.25) is 9.59 Å². The molecule has 0 aliphatic heterocycles. The number of phenols is 1. The van der Waals surface area contributed by atoms with Crippen LogP contribution in [-0.4, -0.2) is 32.5 Å². The first kappa shape index (κ1) is 17.9. The molecule has 1 amide bonds. The maximum Gasteiger partial charge on any atom is 0.221 e. The second kappa shape index (κ2) is 7.44. The standard InChI is InChI=1S/C17H19N3O3S/c1-9-10(2)18-17(19-11(9)3)24-8-16(23)13-5-6-15(22)14(7-13)20-12(4)21/h5-7,22H,8H2,1-4H3,(H,20,21). The average molecular weight is 345 g/mol. The van der Waals surface area contributed by atoms with Crippen molar-refractivity contribution in [2.75, 3.05) is 11.1 Å². The van der Waals surface area contributed by atoms with Gasteiger partial charge in [-0.1, -0.05) is 11.8 Å². The second-order valence-electron chi connectivity index (χ2n) is 5.43. The Bertz CT molecular complexity index is 783. The molecule has 0 bridgehead atoms. The summed E-state index contributed by atoms with van der Waals surface area (Å²) in [4.78, 5) is 32.2. The molecule has 0 aliphatic carbocycles. The van der Waals surface area contributed by atoms with E-state index in [1.165, 1.54) is 36.9 Å². The Kier molecular flexibility index (Phi) is 5.56. The number of Topliss-reactive ketones (excluding diaryl/α,β-unsaturated/α-hetero) is 1. The number of aryl methyl sites for hydroxylation is 2. The SMILES string of the molecule is CC(=O)Nc1cc(C(=O)CSc2nc(C)c(C)c(C)n2)ccc1O. The number of carbonyl (C=O) groups is 2. The second-order valence-corrected chi connectivity index (χ2v) is 6.37. The van der Waals surface area contributed by atoms with Crippen LogP contribution in [0.1, 0.15) is 34.2 Å². The highest BCUT2D eigenvalue weighted by Crippen LogP contribution is 2.25. The van der Waals surface area contributed by atoms with E-state index in [0.717, 1.165) is 17.0 Å². The minimum atomic E-state index is -0.316. The normalized spacial score (nSPS) is 10.5. The van der Waals surface area contributed by atoms with Crippen LogP contribution < -0.4 is 5.32 Å². The molecule has 0 fully saturated rings. The zero-order valence-electron chi connectivity index (χ0n) is 14.0. The van der Waals surface area contributed by atoms with Gasteiger partial charge in [-0.2, -0.15) is 0 Å². The maximum atomic E-state index is 12.3. The molecule has 0 saturated carbocycles. The molecule has 2 rings (SSSR count). The van der Waals surface area contributed by atoms with Crippen molar-refractivity contribution in [2.24, 2.45) is 0 Å². The van der Waals surface area contributed by atoms with Crippen molar-refractivity contribution < 1.29 is 14.7 Å². The molecule has 2 aromatic rings. The number of ketones is 1. The van der Waals surface area contributed by atoms with Crippen molar-refractivity contribution in [3.8, 4) is 5.75 Å². The molecule has 0 spiro atoms. The summed E-state index contributed by atoms with van der Waals surface area (Å²) in [5.74, 6) is -0.358. The number of anilines is 1. The van der Waals surface area contributed by atoms with Crippen LogP contribution in [0, 0.1) is 20.8 Å². The summed E-state index contributed by atoms with van der Waals surface area (Å²) in [5.41, 5.74) is 3.47. The molecule has 1 heterocycles. The lowest BCUT2D eigenvalue weighted by Gasteiger charge is -2.08. The number of carbonyl (C=O) groups excluding carboxylic acids is 2. The minimum absolute atomic E-state index is 0.0810. The van der Waals surface area contributed by atoms with Crippen LogP contribution in [0.25, 0.3) is 0 Å². The van der Waals surface area contributed by atoms with Crippen molar-refractivity contribution in [2.45, 2.75) is 32.9 Å². The first-order chi connectivity index (χ1) is 11.3. The third kappa shape index (κ3) is 4.32. The smallest absolute Gasteiger partial charge is 0.221 e. The number of hydrogen-bond acceptors (Lipinski definition) is 6. The third-order valence-electron chi connectivity index (χ3n) is 3.57. The van der Waals surface area contributed by atoms with Crippen molar-refractivity contribution in [3.05, 3.63) is 40.7 Å². The Morgan fingerprint density at radius 1 is 1.17 bits per heavy atom. The summed E-state index contributed by atoms with van der Waals surface area (Å²) in [6, 6.07) is 4.38. The van der Waals surface area contributed by atoms with Gasteiger partial charge in [0.05, 0.1) is 11.4 Å². The number of hydrogen-bond donors (Lipinski definition) is 2. The minimum Gasteiger partial charge on any atom is -0.506 e. The zero-order valence-corrected chi connectivity index (χ0v) is 14.8. The van der Waals surface area contributed by atoms with E-state index in [0.29, 0.717) is 10.7 Å². The van der Waals surface area contributed by atoms with Crippen LogP contribution in [0.15, 0.2) is 23.4 Å². The highest BCUT2D eigenvalue weighted by molar-refractivity contribution is 7.99. The Labute approximate surface area is 144 Å². The van der Waals surface area contributed by atoms with Crippen LogP contribution in [0.3, 0.4) is 0 Å². The molecule has 0 radical (unpaired) electrons. The zero-order chi connectivity index (χ0) is 17.9. The predicted octanol–water partition coefficient (Wildman–Crippen LogP) is 3.04. The largest absolute Gasteiger partial charge is 0.506 e. The van der Waals surface area contributed by atoms with E-state index >= 15 is 0 Å². The van der Waals surface area contributed by atoms with E-state index < -0.39 is 0 Å². The third-order valence-corrected chi connectivity index (χ3v) is 4.42. The van der Waals surface area contributed by atoms with Gasteiger partial charge in [0, 0.05) is 23.9 Å². The molecule has 6 nitrogen and oxygen atoms in total. The Morgan fingerprint density at radius 3 is 2.38 bits per heavy atom. The first-order valence-electron chi connectivity index (χ1n) is 7.36. The predicted molar refractivity (Wildman–Crippen MR) is 93.7 cm³/mol. The van der Waals surface area contributed by atoms with Crippen LogP contribution in [0.5, 0.6) is 5.75 Å². The average Bonchev–Trinajstić information content (AvgIpc) is 2.51. The van der Waals surface area contributed by atoms with E-state index in [9.17, 15) is 14.7 Å². The first-order valence-corrected chi connectivity index (χ1v) is 8.35. The topological polar surface area (TPSA) is 92.2 Å². The molecule has 1 aromatic heterocycles. The quantitative estimate of drug-likeness (QED) is 0.374. The number of aromatic nitrogens is 2. The number of phenolic OH excluding ortho intramolecular Hbond substituents is 1. The Morgan fingerprint density at radius 2 is 1.79 bits per heavy atom. The van der Waals surface area contributed by atoms with Gasteiger partial charge < -0.3 is 10.4 Å². The summed E-state index contributed by atoms with van der Waals surface area (Å²) in [5, 5.41) is 12.8. The van der Waals surface area contributed by atoms with E-state index in [1.807, 2.05) is 20.8 Å². The van der Waals surface area contributed by atoms with Gasteiger partial charge in [-0.05, 0) is 44.5 Å². The number of benzene rings is 1. The lowest BCUT2D eigenvalue weighted by atomic mass is 10.1. The molecule has 1 aromatic carbocycles. The number of aromatic hydroxyl groups is 1. The van der Waals surface area contributed by atoms with Crippen molar-refractivity contribution >= 4 is 29.1 Å². The molecule has 24 heavy (non-hydrogen) atoms. The molecular weight excluding hydrogens is 326 g/mol. The summed E-state index contributed by atoms with van der Waals surface area (Å²) < 4.78 is 0. The van der Waals surface area contributed by atoms with Gasteiger partial charge in [-0.15, -0.1) is 0 Å². The molecule has 126 valence electrons. The van der Waals surface area contributed by atoms with E-state index in [1.54, 1.807) is 0 Å². The summed E-state index contributed by atoms with van der Waals surface area (Å²) in [6.45, 7) is 7.12. The van der Waals surface area contributed by atoms with E-state index in [2.05, 4.69) is 15.3 Å². The van der Waals surface area contributed by atoms with Gasteiger partial charge in [0.15, 0.2) is 10.9 Å². The fraction of sp³-hybridized carbons (Fsp3) is 0.294. The maximum absolute atomic E-state index is 12.3. The lowest BCUT2D eigenvalue weighted by Crippen LogP contribution is -2.09. The number of nitrogens with one attached hydrogen (secondary N) is 1. The van der Waals surface area contributed by atoms with Crippen molar-refractivity contribution in [3.63, 3.8) is 0 Å². The van der Waals surface area contributed by atoms with Gasteiger partial charge >= 0.3 is 0 Å². The summed E-state index contributed by atoms with van der Waals surface area (Å²) in [7, 11) is 0. The van der Waals surface area contributed by atoms with Crippen LogP contribution in [0.2, 0.25) is 0 Å². The molecule has 0 unspecified atom stereocenters. The molecule has 2 N–H and O–H groups in total. The molecular formula is C17H19N3O3S. The van der Waals surface area contributed by atoms with Gasteiger partial charge in [0.25, 0.3) is 0 Å². The van der Waals surface area contributed by atoms with Crippen molar-refractivity contribution in [1.82, 2.24) is 9.97 Å². The van der Waals surface area contributed by atoms with Crippen molar-refractivity contribution in [1.29, 1.82) is 0 Å². The van der Waals surface area contributed by atoms with Gasteiger partial charge in [0.1, 0.15) is 5.75 Å². The Balaban J connectivity index is 2.11. The van der Waals surface area contributed by atoms with Crippen LogP contribution >= 0.6 is 11.8 Å². The highest BCUT2D eigenvalue weighted by atomic mass is 32.2. The van der Waals surface area contributed by atoms with E-state index in [-0.39, 0.29) is 28.9 Å². The summed E-state index contributed by atoms with van der Waals surface area (Å²) in [6.07, 6.45) is 0. The van der Waals surface area contributed by atoms with Crippen LogP contribution in [0.4, 0.5) is 5.69 Å². The van der Waals surface area contributed by atoms with Gasteiger partial charge in [0.2, 0.25) is 5.91 Å². The van der Waals surface area contributed by atoms with Gasteiger partial charge in [-0.25, -0.2) is 9.97 Å². The molecule has 7 heteroatoms. The lowest BCUT2D eigenvalue weighted by molar-refractivity contribution is -0.114.